The number of aryl methyl sites for hydroxylation is 1. The maximum Gasteiger partial charge on any atom is 0.189 e. The van der Waals surface area contributed by atoms with Crippen LogP contribution in [-0.4, -0.2) is 29.3 Å². The molecule has 24 heavy (non-hydrogen) atoms. The highest BCUT2D eigenvalue weighted by Crippen LogP contribution is 2.25. The average Bonchev–Trinajstić information content (AvgIpc) is 2.56. The molecule has 2 heterocycles. The summed E-state index contributed by atoms with van der Waals surface area (Å²) in [5.41, 5.74) is 3.35. The molecule has 1 aromatic carbocycles. The second-order valence-electron chi connectivity index (χ2n) is 6.22. The maximum absolute atomic E-state index is 4.50. The minimum absolute atomic E-state index is 0. The number of anilines is 3. The van der Waals surface area contributed by atoms with Crippen LogP contribution in [0.4, 0.5) is 17.2 Å². The minimum Gasteiger partial charge on any atom is -1.00 e. The molecule has 0 atom stereocenters. The number of aromatic nitrogens is 2. The molecule has 1 aromatic heterocycles. The zero-order valence-corrected chi connectivity index (χ0v) is 16.0. The van der Waals surface area contributed by atoms with Gasteiger partial charge in [0.2, 0.25) is 0 Å². The Balaban J connectivity index is 0.00000208. The highest BCUT2D eigenvalue weighted by molar-refractivity contribution is 7.98. The predicted octanol–water partition coefficient (Wildman–Crippen LogP) is 1.49. The fraction of sp³-hybridized carbons (Fsp3) is 0.444. The molecular formula is C18H24ClN4S-. The molecule has 1 N–H and O–H groups in total. The quantitative estimate of drug-likeness (QED) is 0.658. The molecular weight excluding hydrogens is 340 g/mol. The van der Waals surface area contributed by atoms with Gasteiger partial charge in [-0.3, -0.25) is 0 Å². The van der Waals surface area contributed by atoms with Crippen molar-refractivity contribution < 1.29 is 12.4 Å². The Morgan fingerprint density at radius 2 is 1.79 bits per heavy atom. The van der Waals surface area contributed by atoms with E-state index in [4.69, 9.17) is 0 Å². The number of benzene rings is 1. The second kappa shape index (κ2) is 8.58. The Morgan fingerprint density at radius 3 is 2.42 bits per heavy atom. The van der Waals surface area contributed by atoms with Crippen LogP contribution in [-0.2, 0) is 0 Å². The van der Waals surface area contributed by atoms with Gasteiger partial charge in [0.1, 0.15) is 5.82 Å². The van der Waals surface area contributed by atoms with E-state index < -0.39 is 0 Å². The molecule has 3 rings (SSSR count). The van der Waals surface area contributed by atoms with Gasteiger partial charge < -0.3 is 22.6 Å². The van der Waals surface area contributed by atoms with Crippen molar-refractivity contribution in [2.45, 2.75) is 31.8 Å². The van der Waals surface area contributed by atoms with Crippen molar-refractivity contribution in [3.8, 4) is 0 Å². The van der Waals surface area contributed by atoms with Crippen LogP contribution >= 0.6 is 11.8 Å². The van der Waals surface area contributed by atoms with Gasteiger partial charge in [-0.15, -0.1) is 0 Å². The Kier molecular flexibility index (Phi) is 6.75. The van der Waals surface area contributed by atoms with Gasteiger partial charge in [0.25, 0.3) is 0 Å². The Morgan fingerprint density at radius 1 is 1.12 bits per heavy atom. The monoisotopic (exact) mass is 363 g/mol. The number of rotatable bonds is 4. The summed E-state index contributed by atoms with van der Waals surface area (Å²) in [6.45, 7) is 6.66. The predicted molar refractivity (Wildman–Crippen MR) is 98.9 cm³/mol. The summed E-state index contributed by atoms with van der Waals surface area (Å²) >= 11 is 1.56. The lowest BCUT2D eigenvalue weighted by Crippen LogP contribution is -3.00. The standard InChI is InChI=1S/C18H24N4S.ClH/c1-13-8-10-22(11-9-13)16-6-4-15(5-7-16)20-17-12-14(2)19-18(21-17)23-3;/h4-7,12-13H,8-11H2,1-3H3,(H,19,20,21);1H/p-1. The van der Waals surface area contributed by atoms with Crippen molar-refractivity contribution in [2.75, 3.05) is 29.6 Å². The van der Waals surface area contributed by atoms with Gasteiger partial charge in [0, 0.05) is 36.2 Å². The van der Waals surface area contributed by atoms with E-state index in [1.54, 1.807) is 11.8 Å². The largest absolute Gasteiger partial charge is 1.00 e. The van der Waals surface area contributed by atoms with Crippen molar-refractivity contribution in [3.05, 3.63) is 36.0 Å². The van der Waals surface area contributed by atoms with Gasteiger partial charge in [0.15, 0.2) is 5.16 Å². The number of halogens is 1. The van der Waals surface area contributed by atoms with Gasteiger partial charge in [0.05, 0.1) is 0 Å². The zero-order chi connectivity index (χ0) is 16.2. The fourth-order valence-electron chi connectivity index (χ4n) is 2.87. The summed E-state index contributed by atoms with van der Waals surface area (Å²) < 4.78 is 0. The van der Waals surface area contributed by atoms with Crippen LogP contribution < -0.4 is 22.6 Å². The molecule has 1 aliphatic rings. The highest BCUT2D eigenvalue weighted by Gasteiger charge is 2.15. The summed E-state index contributed by atoms with van der Waals surface area (Å²) in [6.07, 6.45) is 4.57. The lowest BCUT2D eigenvalue weighted by Gasteiger charge is -2.32. The fourth-order valence-corrected chi connectivity index (χ4v) is 3.29. The van der Waals surface area contributed by atoms with E-state index in [0.717, 1.165) is 41.4 Å². The van der Waals surface area contributed by atoms with E-state index in [-0.39, 0.29) is 12.4 Å². The number of nitrogens with zero attached hydrogens (tertiary/aromatic N) is 3. The molecule has 0 amide bonds. The lowest BCUT2D eigenvalue weighted by atomic mass is 9.99. The molecule has 0 bridgehead atoms. The number of hydrogen-bond donors (Lipinski definition) is 1. The van der Waals surface area contributed by atoms with Crippen LogP contribution in [0.15, 0.2) is 35.5 Å². The van der Waals surface area contributed by atoms with Crippen LogP contribution in [0, 0.1) is 12.8 Å². The number of hydrogen-bond acceptors (Lipinski definition) is 5. The maximum atomic E-state index is 4.50. The van der Waals surface area contributed by atoms with Crippen molar-refractivity contribution in [1.29, 1.82) is 0 Å². The smallest absolute Gasteiger partial charge is 0.189 e. The molecule has 0 aliphatic carbocycles. The Hall–Kier alpha value is -1.46. The SMILES string of the molecule is CSc1nc(C)cc(Nc2ccc(N3CCC(C)CC3)cc2)n1.[Cl-]. The summed E-state index contributed by atoms with van der Waals surface area (Å²) in [5, 5.41) is 4.17. The van der Waals surface area contributed by atoms with E-state index in [1.165, 1.54) is 18.5 Å². The van der Waals surface area contributed by atoms with Crippen LogP contribution in [0.2, 0.25) is 0 Å². The normalized spacial score (nSPS) is 15.0. The van der Waals surface area contributed by atoms with Crippen molar-refractivity contribution in [2.24, 2.45) is 5.92 Å². The highest BCUT2D eigenvalue weighted by atomic mass is 35.5. The van der Waals surface area contributed by atoms with Crippen LogP contribution in [0.5, 0.6) is 0 Å². The van der Waals surface area contributed by atoms with Crippen molar-refractivity contribution in [3.63, 3.8) is 0 Å². The minimum atomic E-state index is 0. The van der Waals surface area contributed by atoms with Crippen LogP contribution in [0.3, 0.4) is 0 Å². The molecule has 1 fully saturated rings. The molecule has 130 valence electrons. The first-order valence-electron chi connectivity index (χ1n) is 8.16. The average molecular weight is 364 g/mol. The first-order chi connectivity index (χ1) is 11.1. The van der Waals surface area contributed by atoms with Crippen molar-refractivity contribution in [1.82, 2.24) is 9.97 Å². The number of thioether (sulfide) groups is 1. The van der Waals surface area contributed by atoms with Gasteiger partial charge >= 0.3 is 0 Å². The van der Waals surface area contributed by atoms with Gasteiger partial charge in [-0.25, -0.2) is 9.97 Å². The first kappa shape index (κ1) is 18.9. The molecule has 4 nitrogen and oxygen atoms in total. The van der Waals surface area contributed by atoms with Gasteiger partial charge in [-0.05, 0) is 56.2 Å². The third-order valence-electron chi connectivity index (χ3n) is 4.30. The molecule has 2 aromatic rings. The molecule has 1 saturated heterocycles. The molecule has 1 aliphatic heterocycles. The zero-order valence-electron chi connectivity index (χ0n) is 14.4. The van der Waals surface area contributed by atoms with E-state index in [0.29, 0.717) is 0 Å². The Bertz CT molecular complexity index is 655. The third kappa shape index (κ3) is 4.77. The van der Waals surface area contributed by atoms with E-state index in [9.17, 15) is 0 Å². The number of nitrogens with one attached hydrogen (secondary N) is 1. The third-order valence-corrected chi connectivity index (χ3v) is 4.85. The summed E-state index contributed by atoms with van der Waals surface area (Å²) in [4.78, 5) is 11.4. The summed E-state index contributed by atoms with van der Waals surface area (Å²) in [7, 11) is 0. The lowest BCUT2D eigenvalue weighted by molar-refractivity contribution is -0.00000501. The van der Waals surface area contributed by atoms with E-state index in [1.807, 2.05) is 19.2 Å². The molecule has 6 heteroatoms. The summed E-state index contributed by atoms with van der Waals surface area (Å²) in [6, 6.07) is 10.6. The van der Waals surface area contributed by atoms with Gasteiger partial charge in [-0.1, -0.05) is 18.7 Å². The molecule has 0 spiro atoms. The summed E-state index contributed by atoms with van der Waals surface area (Å²) in [5.74, 6) is 1.71. The van der Waals surface area contributed by atoms with E-state index in [2.05, 4.69) is 51.4 Å². The molecule has 0 unspecified atom stereocenters. The topological polar surface area (TPSA) is 41.1 Å². The Labute approximate surface area is 154 Å². The number of piperidine rings is 1. The van der Waals surface area contributed by atoms with Crippen LogP contribution in [0.25, 0.3) is 0 Å². The molecule has 0 radical (unpaired) electrons. The molecule has 0 saturated carbocycles. The van der Waals surface area contributed by atoms with Crippen LogP contribution in [0.1, 0.15) is 25.5 Å². The van der Waals surface area contributed by atoms with E-state index >= 15 is 0 Å². The van der Waals surface area contributed by atoms with Gasteiger partial charge in [-0.2, -0.15) is 0 Å². The second-order valence-corrected chi connectivity index (χ2v) is 7.00. The first-order valence-corrected chi connectivity index (χ1v) is 9.38. The van der Waals surface area contributed by atoms with Crippen molar-refractivity contribution >= 4 is 29.0 Å².